The van der Waals surface area contributed by atoms with E-state index in [1.807, 2.05) is 0 Å². The number of anilines is 1. The number of aromatic nitrogens is 1. The van der Waals surface area contributed by atoms with Crippen LogP contribution in [0.3, 0.4) is 0 Å². The number of hydrogen-bond donors (Lipinski definition) is 3. The number of ether oxygens (including phenoxy) is 2. The number of aromatic amines is 1. The fourth-order valence-electron chi connectivity index (χ4n) is 3.84. The number of hydrogen-bond acceptors (Lipinski definition) is 6. The summed E-state index contributed by atoms with van der Waals surface area (Å²) in [6.45, 7) is 0.188. The molecule has 3 N–H and O–H groups in total. The highest BCUT2D eigenvalue weighted by atomic mass is 32.2. The second-order valence-corrected chi connectivity index (χ2v) is 9.98. The van der Waals surface area contributed by atoms with Crippen molar-refractivity contribution in [3.63, 3.8) is 0 Å². The summed E-state index contributed by atoms with van der Waals surface area (Å²) >= 11 is 0. The summed E-state index contributed by atoms with van der Waals surface area (Å²) in [6.07, 6.45) is -3.44. The standard InChI is InChI=1S/C25H18F3N3O6S/c26-25(27,28)15-2-1-3-16(9-15)31-38(34,35)17-5-6-20-18(10-17)23(32)19(12-29-20)24(33)30-11-14-4-7-21-22(8-14)37-13-36-21/h1-10,12,31H,11,13H2,(H,29,32)(H,30,33). The summed E-state index contributed by atoms with van der Waals surface area (Å²) in [7, 11) is -4.36. The average Bonchev–Trinajstić information content (AvgIpc) is 3.35. The zero-order chi connectivity index (χ0) is 27.1. The Bertz CT molecular complexity index is 1730. The van der Waals surface area contributed by atoms with Gasteiger partial charge in [-0.3, -0.25) is 14.3 Å². The highest BCUT2D eigenvalue weighted by molar-refractivity contribution is 7.92. The van der Waals surface area contributed by atoms with Crippen LogP contribution in [0.25, 0.3) is 10.9 Å². The number of sulfonamides is 1. The molecule has 0 spiro atoms. The molecule has 0 aliphatic carbocycles. The van der Waals surface area contributed by atoms with Gasteiger partial charge in [-0.25, -0.2) is 8.42 Å². The first kappa shape index (κ1) is 25.1. The molecule has 4 aromatic rings. The predicted octanol–water partition coefficient (Wildman–Crippen LogP) is 4.01. The van der Waals surface area contributed by atoms with Gasteiger partial charge in [0.25, 0.3) is 15.9 Å². The molecule has 9 nitrogen and oxygen atoms in total. The molecule has 0 bridgehead atoms. The van der Waals surface area contributed by atoms with E-state index in [1.54, 1.807) is 18.2 Å². The molecule has 0 saturated carbocycles. The summed E-state index contributed by atoms with van der Waals surface area (Å²) in [6, 6.07) is 12.4. The number of nitrogens with one attached hydrogen (secondary N) is 3. The highest BCUT2D eigenvalue weighted by Gasteiger charge is 2.31. The Kier molecular flexibility index (Phi) is 6.23. The third-order valence-electron chi connectivity index (χ3n) is 5.74. The van der Waals surface area contributed by atoms with Gasteiger partial charge in [-0.2, -0.15) is 13.2 Å². The van der Waals surface area contributed by atoms with Crippen molar-refractivity contribution in [3.05, 3.63) is 93.8 Å². The third kappa shape index (κ3) is 5.00. The van der Waals surface area contributed by atoms with Gasteiger partial charge in [-0.15, -0.1) is 0 Å². The molecule has 1 aromatic heterocycles. The lowest BCUT2D eigenvalue weighted by Crippen LogP contribution is -2.28. The smallest absolute Gasteiger partial charge is 0.416 e. The van der Waals surface area contributed by atoms with E-state index in [4.69, 9.17) is 9.47 Å². The first-order valence-electron chi connectivity index (χ1n) is 11.0. The first-order valence-corrected chi connectivity index (χ1v) is 12.5. The van der Waals surface area contributed by atoms with Crippen LogP contribution in [-0.2, 0) is 22.7 Å². The third-order valence-corrected chi connectivity index (χ3v) is 7.12. The van der Waals surface area contributed by atoms with Crippen molar-refractivity contribution in [2.75, 3.05) is 11.5 Å². The zero-order valence-corrected chi connectivity index (χ0v) is 20.1. The zero-order valence-electron chi connectivity index (χ0n) is 19.3. The summed E-state index contributed by atoms with van der Waals surface area (Å²) < 4.78 is 77.3. The Morgan fingerprint density at radius 2 is 1.79 bits per heavy atom. The van der Waals surface area contributed by atoms with Crippen LogP contribution in [-0.4, -0.2) is 26.1 Å². The minimum Gasteiger partial charge on any atom is -0.454 e. The van der Waals surface area contributed by atoms with Crippen LogP contribution in [0, 0.1) is 0 Å². The second kappa shape index (κ2) is 9.41. The lowest BCUT2D eigenvalue weighted by molar-refractivity contribution is -0.137. The number of amides is 1. The van der Waals surface area contributed by atoms with Crippen molar-refractivity contribution >= 4 is 32.5 Å². The fourth-order valence-corrected chi connectivity index (χ4v) is 4.91. The summed E-state index contributed by atoms with van der Waals surface area (Å²) in [4.78, 5) is 28.2. The van der Waals surface area contributed by atoms with Gasteiger partial charge in [0.15, 0.2) is 11.5 Å². The van der Waals surface area contributed by atoms with Gasteiger partial charge in [-0.1, -0.05) is 12.1 Å². The summed E-state index contributed by atoms with van der Waals surface area (Å²) in [5, 5.41) is 2.54. The molecule has 0 radical (unpaired) electrons. The quantitative estimate of drug-likeness (QED) is 0.336. The van der Waals surface area contributed by atoms with Gasteiger partial charge in [0, 0.05) is 29.3 Å². The molecule has 196 valence electrons. The molecule has 13 heteroatoms. The maximum absolute atomic E-state index is 13.1. The lowest BCUT2D eigenvalue weighted by atomic mass is 10.1. The molecule has 3 aromatic carbocycles. The molecule has 0 fully saturated rings. The van der Waals surface area contributed by atoms with E-state index in [2.05, 4.69) is 15.0 Å². The number of carbonyl (C=O) groups is 1. The molecule has 1 amide bonds. The van der Waals surface area contributed by atoms with Crippen LogP contribution >= 0.6 is 0 Å². The van der Waals surface area contributed by atoms with Crippen LogP contribution in [0.15, 0.2) is 76.6 Å². The topological polar surface area (TPSA) is 127 Å². The van der Waals surface area contributed by atoms with Crippen LogP contribution < -0.4 is 24.9 Å². The number of alkyl halides is 3. The van der Waals surface area contributed by atoms with Crippen molar-refractivity contribution in [3.8, 4) is 11.5 Å². The second-order valence-electron chi connectivity index (χ2n) is 8.29. The van der Waals surface area contributed by atoms with Crippen molar-refractivity contribution in [2.24, 2.45) is 0 Å². The van der Waals surface area contributed by atoms with Gasteiger partial charge < -0.3 is 19.8 Å². The lowest BCUT2D eigenvalue weighted by Gasteiger charge is -2.12. The van der Waals surface area contributed by atoms with Crippen LogP contribution in [0.1, 0.15) is 21.5 Å². The Labute approximate surface area is 213 Å². The van der Waals surface area contributed by atoms with Crippen molar-refractivity contribution < 1.29 is 35.9 Å². The Morgan fingerprint density at radius 3 is 2.58 bits per heavy atom. The highest BCUT2D eigenvalue weighted by Crippen LogP contribution is 2.33. The predicted molar refractivity (Wildman–Crippen MR) is 131 cm³/mol. The maximum atomic E-state index is 13.1. The first-order chi connectivity index (χ1) is 18.0. The largest absolute Gasteiger partial charge is 0.454 e. The molecule has 0 atom stereocenters. The van der Waals surface area contributed by atoms with Crippen LogP contribution in [0.5, 0.6) is 11.5 Å². The monoisotopic (exact) mass is 545 g/mol. The summed E-state index contributed by atoms with van der Waals surface area (Å²) in [5.41, 5.74) is -1.33. The normalized spacial score (nSPS) is 12.9. The summed E-state index contributed by atoms with van der Waals surface area (Å²) in [5.74, 6) is 0.424. The van der Waals surface area contributed by atoms with E-state index in [1.165, 1.54) is 24.4 Å². The van der Waals surface area contributed by atoms with Crippen molar-refractivity contribution in [1.29, 1.82) is 0 Å². The molecule has 0 unspecified atom stereocenters. The molecule has 38 heavy (non-hydrogen) atoms. The average molecular weight is 545 g/mol. The van der Waals surface area contributed by atoms with Gasteiger partial charge in [0.2, 0.25) is 12.2 Å². The van der Waals surface area contributed by atoms with Gasteiger partial charge in [0.05, 0.1) is 10.5 Å². The molecule has 1 aliphatic rings. The van der Waals surface area contributed by atoms with Crippen molar-refractivity contribution in [2.45, 2.75) is 17.6 Å². The number of pyridine rings is 1. The molecule has 2 heterocycles. The molecule has 0 saturated heterocycles. The van der Waals surface area contributed by atoms with Crippen LogP contribution in [0.4, 0.5) is 18.9 Å². The molecular weight excluding hydrogens is 527 g/mol. The number of fused-ring (bicyclic) bond motifs is 2. The number of carbonyl (C=O) groups excluding carboxylic acids is 1. The number of H-pyrrole nitrogens is 1. The van der Waals surface area contributed by atoms with Crippen molar-refractivity contribution in [1.82, 2.24) is 10.3 Å². The number of rotatable bonds is 6. The van der Waals surface area contributed by atoms with E-state index in [0.29, 0.717) is 23.1 Å². The van der Waals surface area contributed by atoms with Gasteiger partial charge in [0.1, 0.15) is 5.56 Å². The minimum atomic E-state index is -4.66. The van der Waals surface area contributed by atoms with E-state index in [0.717, 1.165) is 18.2 Å². The number of halogens is 3. The van der Waals surface area contributed by atoms with E-state index in [9.17, 15) is 31.2 Å². The Morgan fingerprint density at radius 1 is 1.00 bits per heavy atom. The van der Waals surface area contributed by atoms with E-state index in [-0.39, 0.29) is 40.4 Å². The maximum Gasteiger partial charge on any atom is 0.416 e. The van der Waals surface area contributed by atoms with E-state index < -0.39 is 33.1 Å². The SMILES string of the molecule is O=C(NCc1ccc2c(c1)OCO2)c1c[nH]c2ccc(S(=O)(=O)Nc3cccc(C(F)(F)F)c3)cc2c1=O. The Balaban J connectivity index is 1.39. The molecule has 5 rings (SSSR count). The van der Waals surface area contributed by atoms with Gasteiger partial charge in [-0.05, 0) is 54.1 Å². The fraction of sp³-hybridized carbons (Fsp3) is 0.120. The minimum absolute atomic E-state index is 0.0856. The number of benzene rings is 3. The van der Waals surface area contributed by atoms with Gasteiger partial charge >= 0.3 is 6.18 Å². The molecular formula is C25H18F3N3O6S. The molecule has 1 aliphatic heterocycles. The Hall–Kier alpha value is -4.52. The van der Waals surface area contributed by atoms with E-state index >= 15 is 0 Å². The van der Waals surface area contributed by atoms with Crippen LogP contribution in [0.2, 0.25) is 0 Å².